The standard InChI is InChI=1S/C8H13.C7H11/c1-3-5-7-8-6-4-2;1-3-5-7-6-4-2/h3,5-8H2,1H3;3,5-7H2,1H3. The zero-order valence-corrected chi connectivity index (χ0v) is 10.4. The number of unbranched alkanes of at least 4 members (excludes halogenated alkanes) is 7. The third-order valence-corrected chi connectivity index (χ3v) is 2.06. The fraction of sp³-hybridized carbons (Fsp3) is 0.733. The average Bonchev–Trinajstić information content (AvgIpc) is 2.26. The van der Waals surface area contributed by atoms with E-state index in [1.807, 2.05) is 0 Å². The molecular formula is C15H24. The van der Waals surface area contributed by atoms with E-state index in [1.165, 1.54) is 32.1 Å². The van der Waals surface area contributed by atoms with Crippen LogP contribution in [-0.4, -0.2) is 0 Å². The van der Waals surface area contributed by atoms with E-state index >= 15 is 0 Å². The molecule has 0 heterocycles. The molecule has 0 unspecified atom stereocenters. The van der Waals surface area contributed by atoms with Crippen LogP contribution in [0.15, 0.2) is 0 Å². The Hall–Kier alpha value is -0.880. The van der Waals surface area contributed by atoms with E-state index in [2.05, 4.69) is 25.7 Å². The van der Waals surface area contributed by atoms with Gasteiger partial charge in [-0.25, -0.2) is 0 Å². The number of rotatable bonds is 7. The Balaban J connectivity index is 0. The van der Waals surface area contributed by atoms with Crippen LogP contribution in [0.4, 0.5) is 0 Å². The summed E-state index contributed by atoms with van der Waals surface area (Å²) in [6, 6.07) is 0. The molecule has 0 fully saturated rings. The first kappa shape index (κ1) is 16.5. The van der Waals surface area contributed by atoms with Crippen molar-refractivity contribution < 1.29 is 0 Å². The summed E-state index contributed by atoms with van der Waals surface area (Å²) in [6.07, 6.45) is 23.4. The van der Waals surface area contributed by atoms with Crippen LogP contribution in [0, 0.1) is 24.7 Å². The van der Waals surface area contributed by atoms with Crippen LogP contribution in [0.3, 0.4) is 0 Å². The predicted octanol–water partition coefficient (Wildman–Crippen LogP) is 4.70. The Morgan fingerprint density at radius 1 is 0.667 bits per heavy atom. The quantitative estimate of drug-likeness (QED) is 0.416. The largest absolute Gasteiger partial charge is 0.0891 e. The molecule has 0 aliphatic heterocycles. The van der Waals surface area contributed by atoms with Gasteiger partial charge in [-0.05, 0) is 25.7 Å². The minimum Gasteiger partial charge on any atom is -0.0891 e. The molecule has 0 aliphatic rings. The Morgan fingerprint density at radius 2 is 1.07 bits per heavy atom. The summed E-state index contributed by atoms with van der Waals surface area (Å²) in [5, 5.41) is 0. The Morgan fingerprint density at radius 3 is 1.47 bits per heavy atom. The topological polar surface area (TPSA) is 0 Å². The summed E-state index contributed by atoms with van der Waals surface area (Å²) in [6.45, 7) is 4.35. The smallest absolute Gasteiger partial charge is 0.00989 e. The fourth-order valence-electron chi connectivity index (χ4n) is 1.10. The molecule has 0 heteroatoms. The Labute approximate surface area is 96.9 Å². The highest BCUT2D eigenvalue weighted by molar-refractivity contribution is 4.74. The van der Waals surface area contributed by atoms with Gasteiger partial charge in [0.15, 0.2) is 0 Å². The molecule has 0 aromatic carbocycles. The third-order valence-electron chi connectivity index (χ3n) is 2.06. The molecule has 0 amide bonds. The van der Waals surface area contributed by atoms with Crippen LogP contribution in [0.2, 0.25) is 0 Å². The van der Waals surface area contributed by atoms with Gasteiger partial charge < -0.3 is 0 Å². The van der Waals surface area contributed by atoms with Gasteiger partial charge in [0, 0.05) is 12.8 Å². The third kappa shape index (κ3) is 24.6. The molecule has 0 saturated carbocycles. The van der Waals surface area contributed by atoms with Crippen molar-refractivity contribution in [3.05, 3.63) is 12.8 Å². The first-order valence-electron chi connectivity index (χ1n) is 6.12. The van der Waals surface area contributed by atoms with Crippen molar-refractivity contribution in [2.24, 2.45) is 0 Å². The molecule has 0 atom stereocenters. The lowest BCUT2D eigenvalue weighted by atomic mass is 10.2. The highest BCUT2D eigenvalue weighted by Crippen LogP contribution is 2.00. The van der Waals surface area contributed by atoms with Gasteiger partial charge in [-0.1, -0.05) is 57.8 Å². The molecule has 0 aromatic heterocycles. The van der Waals surface area contributed by atoms with Gasteiger partial charge in [0.2, 0.25) is 0 Å². The van der Waals surface area contributed by atoms with E-state index in [4.69, 9.17) is 12.8 Å². The summed E-state index contributed by atoms with van der Waals surface area (Å²) < 4.78 is 0. The van der Waals surface area contributed by atoms with E-state index in [-0.39, 0.29) is 0 Å². The van der Waals surface area contributed by atoms with Crippen LogP contribution >= 0.6 is 0 Å². The molecule has 0 N–H and O–H groups in total. The number of hydrogen-bond donors (Lipinski definition) is 0. The highest BCUT2D eigenvalue weighted by atomic mass is 13.9. The zero-order chi connectivity index (χ0) is 11.8. The maximum Gasteiger partial charge on any atom is 0.00989 e. The summed E-state index contributed by atoms with van der Waals surface area (Å²) in [7, 11) is 0. The average molecular weight is 204 g/mol. The lowest BCUT2D eigenvalue weighted by molar-refractivity contribution is 0.679. The second-order valence-corrected chi connectivity index (χ2v) is 3.62. The molecule has 0 aliphatic carbocycles. The van der Waals surface area contributed by atoms with Crippen molar-refractivity contribution in [3.63, 3.8) is 0 Å². The lowest BCUT2D eigenvalue weighted by Crippen LogP contribution is -1.72. The SMILES string of the molecule is [C]#CCCCCC.[C]#CCCCCCC. The van der Waals surface area contributed by atoms with E-state index in [0.717, 1.165) is 25.7 Å². The molecule has 0 nitrogen and oxygen atoms in total. The molecule has 84 valence electrons. The van der Waals surface area contributed by atoms with E-state index in [0.29, 0.717) is 0 Å². The molecule has 0 aromatic rings. The molecule has 15 heavy (non-hydrogen) atoms. The van der Waals surface area contributed by atoms with E-state index in [1.54, 1.807) is 0 Å². The summed E-state index contributed by atoms with van der Waals surface area (Å²) in [5.74, 6) is 4.73. The fourth-order valence-corrected chi connectivity index (χ4v) is 1.10. The normalized spacial score (nSPS) is 8.27. The Bertz CT molecular complexity index is 165. The van der Waals surface area contributed by atoms with Crippen LogP contribution in [-0.2, 0) is 0 Å². The second kappa shape index (κ2) is 18.8. The van der Waals surface area contributed by atoms with Crippen molar-refractivity contribution >= 4 is 0 Å². The lowest BCUT2D eigenvalue weighted by Gasteiger charge is -1.90. The molecular weight excluding hydrogens is 180 g/mol. The van der Waals surface area contributed by atoms with Gasteiger partial charge >= 0.3 is 0 Å². The maximum absolute atomic E-state index is 6.59. The van der Waals surface area contributed by atoms with Crippen molar-refractivity contribution in [2.45, 2.75) is 71.6 Å². The zero-order valence-electron chi connectivity index (χ0n) is 10.4. The van der Waals surface area contributed by atoms with Crippen molar-refractivity contribution in [1.29, 1.82) is 0 Å². The summed E-state index contributed by atoms with van der Waals surface area (Å²) in [5.41, 5.74) is 0. The first-order valence-corrected chi connectivity index (χ1v) is 6.12. The van der Waals surface area contributed by atoms with Gasteiger partial charge in [0.25, 0.3) is 0 Å². The van der Waals surface area contributed by atoms with Crippen LogP contribution < -0.4 is 0 Å². The molecule has 0 spiro atoms. The van der Waals surface area contributed by atoms with Crippen molar-refractivity contribution in [2.75, 3.05) is 0 Å². The summed E-state index contributed by atoms with van der Waals surface area (Å²) in [4.78, 5) is 0. The van der Waals surface area contributed by atoms with E-state index < -0.39 is 0 Å². The van der Waals surface area contributed by atoms with Gasteiger partial charge in [-0.2, -0.15) is 0 Å². The van der Waals surface area contributed by atoms with Crippen LogP contribution in [0.1, 0.15) is 71.6 Å². The molecule has 0 rings (SSSR count). The predicted molar refractivity (Wildman–Crippen MR) is 67.2 cm³/mol. The first-order chi connectivity index (χ1) is 7.33. The second-order valence-electron chi connectivity index (χ2n) is 3.62. The van der Waals surface area contributed by atoms with Crippen LogP contribution in [0.25, 0.3) is 0 Å². The van der Waals surface area contributed by atoms with Crippen molar-refractivity contribution in [1.82, 2.24) is 0 Å². The van der Waals surface area contributed by atoms with Crippen molar-refractivity contribution in [3.8, 4) is 11.8 Å². The molecule has 0 saturated heterocycles. The van der Waals surface area contributed by atoms with Crippen LogP contribution in [0.5, 0.6) is 0 Å². The maximum atomic E-state index is 6.59. The minimum atomic E-state index is 0.841. The van der Waals surface area contributed by atoms with Gasteiger partial charge in [0.05, 0.1) is 0 Å². The van der Waals surface area contributed by atoms with Gasteiger partial charge in [-0.15, -0.1) is 0 Å². The van der Waals surface area contributed by atoms with E-state index in [9.17, 15) is 0 Å². The Kier molecular flexibility index (Phi) is 20.8. The molecule has 2 radical (unpaired) electrons. The molecule has 0 bridgehead atoms. The monoisotopic (exact) mass is 204 g/mol. The van der Waals surface area contributed by atoms with Gasteiger partial charge in [-0.3, -0.25) is 0 Å². The summed E-state index contributed by atoms with van der Waals surface area (Å²) >= 11 is 0. The number of hydrogen-bond acceptors (Lipinski definition) is 0. The highest BCUT2D eigenvalue weighted by Gasteiger charge is 1.82. The van der Waals surface area contributed by atoms with Gasteiger partial charge in [0.1, 0.15) is 0 Å². The minimum absolute atomic E-state index is 0.841.